The minimum absolute atomic E-state index is 0.0329. The van der Waals surface area contributed by atoms with E-state index in [1.165, 1.54) is 14.2 Å². The second kappa shape index (κ2) is 7.42. The summed E-state index contributed by atoms with van der Waals surface area (Å²) in [4.78, 5) is 12.1. The largest absolute Gasteiger partial charge is 0.497 e. The molecule has 0 saturated heterocycles. The predicted octanol–water partition coefficient (Wildman–Crippen LogP) is 3.79. The average Bonchev–Trinajstić information content (AvgIpc) is 2.58. The van der Waals surface area contributed by atoms with Crippen molar-refractivity contribution in [1.82, 2.24) is 5.32 Å². The highest BCUT2D eigenvalue weighted by molar-refractivity contribution is 5.94. The number of methoxy groups -OCH3 is 2. The molecular weight excluding hydrogens is 342 g/mol. The van der Waals surface area contributed by atoms with Crippen molar-refractivity contribution in [2.24, 2.45) is 0 Å². The maximum Gasteiger partial charge on any atom is 0.419 e. The van der Waals surface area contributed by atoms with Crippen LogP contribution < -0.4 is 14.8 Å². The van der Waals surface area contributed by atoms with Crippen LogP contribution in [0, 0.1) is 5.82 Å². The highest BCUT2D eigenvalue weighted by Gasteiger charge is 2.34. The predicted molar refractivity (Wildman–Crippen MR) is 82.1 cm³/mol. The second-order valence-electron chi connectivity index (χ2n) is 5.10. The number of carbonyl (C=O) groups is 1. The molecule has 2 aromatic carbocycles. The van der Waals surface area contributed by atoms with Crippen LogP contribution in [0.3, 0.4) is 0 Å². The Balaban J connectivity index is 2.16. The summed E-state index contributed by atoms with van der Waals surface area (Å²) in [5.74, 6) is -1.18. The Labute approximate surface area is 141 Å². The summed E-state index contributed by atoms with van der Waals surface area (Å²) in [5.41, 5.74) is -1.14. The third-order valence-corrected chi connectivity index (χ3v) is 3.40. The number of hydrogen-bond donors (Lipinski definition) is 1. The summed E-state index contributed by atoms with van der Waals surface area (Å²) in [6, 6.07) is 7.03. The van der Waals surface area contributed by atoms with Crippen molar-refractivity contribution in [3.05, 3.63) is 58.9 Å². The lowest BCUT2D eigenvalue weighted by Gasteiger charge is -2.11. The van der Waals surface area contributed by atoms with Gasteiger partial charge in [0, 0.05) is 18.2 Å². The van der Waals surface area contributed by atoms with Gasteiger partial charge in [0.15, 0.2) is 0 Å². The van der Waals surface area contributed by atoms with E-state index < -0.39 is 23.5 Å². The number of halogens is 4. The second-order valence-corrected chi connectivity index (χ2v) is 5.10. The van der Waals surface area contributed by atoms with Crippen LogP contribution in [0.1, 0.15) is 21.5 Å². The van der Waals surface area contributed by atoms with Crippen LogP contribution in [-0.2, 0) is 12.7 Å². The molecule has 25 heavy (non-hydrogen) atoms. The van der Waals surface area contributed by atoms with Crippen molar-refractivity contribution in [2.75, 3.05) is 14.2 Å². The van der Waals surface area contributed by atoms with E-state index in [9.17, 15) is 22.4 Å². The van der Waals surface area contributed by atoms with Gasteiger partial charge in [0.05, 0.1) is 19.8 Å². The fourth-order valence-corrected chi connectivity index (χ4v) is 2.14. The maximum atomic E-state index is 13.3. The molecule has 0 spiro atoms. The number of amides is 1. The quantitative estimate of drug-likeness (QED) is 0.829. The molecule has 8 heteroatoms. The molecule has 0 aliphatic rings. The van der Waals surface area contributed by atoms with Crippen molar-refractivity contribution in [2.45, 2.75) is 12.7 Å². The average molecular weight is 357 g/mol. The van der Waals surface area contributed by atoms with Gasteiger partial charge in [-0.15, -0.1) is 0 Å². The lowest BCUT2D eigenvalue weighted by Crippen LogP contribution is -2.23. The van der Waals surface area contributed by atoms with Gasteiger partial charge in [-0.25, -0.2) is 4.39 Å². The summed E-state index contributed by atoms with van der Waals surface area (Å²) >= 11 is 0. The van der Waals surface area contributed by atoms with Gasteiger partial charge in [-0.05, 0) is 35.9 Å². The first kappa shape index (κ1) is 18.6. The van der Waals surface area contributed by atoms with Crippen LogP contribution in [0.25, 0.3) is 0 Å². The molecule has 1 amide bonds. The molecule has 0 radical (unpaired) electrons. The standard InChI is InChI=1S/C17H15F4NO3/c1-24-12-5-10(6-13(8-12)25-2)9-22-16(23)11-3-4-15(18)14(7-11)17(19,20)21/h3-8H,9H2,1-2H3,(H,22,23). The molecule has 1 N–H and O–H groups in total. The fraction of sp³-hybridized carbons (Fsp3) is 0.235. The molecule has 0 saturated carbocycles. The van der Waals surface area contributed by atoms with E-state index >= 15 is 0 Å². The Kier molecular flexibility index (Phi) is 5.51. The van der Waals surface area contributed by atoms with Gasteiger partial charge in [-0.3, -0.25) is 4.79 Å². The van der Waals surface area contributed by atoms with Crippen LogP contribution in [0.15, 0.2) is 36.4 Å². The van der Waals surface area contributed by atoms with E-state index in [-0.39, 0.29) is 12.1 Å². The molecule has 0 aliphatic carbocycles. The van der Waals surface area contributed by atoms with Gasteiger partial charge in [-0.1, -0.05) is 0 Å². The first-order valence-electron chi connectivity index (χ1n) is 7.11. The van der Waals surface area contributed by atoms with Gasteiger partial charge in [0.25, 0.3) is 5.91 Å². The Hall–Kier alpha value is -2.77. The van der Waals surface area contributed by atoms with Gasteiger partial charge in [-0.2, -0.15) is 13.2 Å². The third kappa shape index (κ3) is 4.62. The molecular formula is C17H15F4NO3. The van der Waals surface area contributed by atoms with E-state index in [0.717, 1.165) is 6.07 Å². The molecule has 4 nitrogen and oxygen atoms in total. The fourth-order valence-electron chi connectivity index (χ4n) is 2.14. The first-order valence-corrected chi connectivity index (χ1v) is 7.11. The lowest BCUT2D eigenvalue weighted by atomic mass is 10.1. The number of alkyl halides is 3. The van der Waals surface area contributed by atoms with Crippen molar-refractivity contribution in [3.63, 3.8) is 0 Å². The van der Waals surface area contributed by atoms with Crippen LogP contribution in [0.5, 0.6) is 11.5 Å². The SMILES string of the molecule is COc1cc(CNC(=O)c2ccc(F)c(C(F)(F)F)c2)cc(OC)c1. The molecule has 0 aromatic heterocycles. The van der Waals surface area contributed by atoms with Crippen LogP contribution in [0.4, 0.5) is 17.6 Å². The third-order valence-electron chi connectivity index (χ3n) is 3.40. The topological polar surface area (TPSA) is 47.6 Å². The summed E-state index contributed by atoms with van der Waals surface area (Å²) in [6.45, 7) is 0.0329. The number of ether oxygens (including phenoxy) is 2. The van der Waals surface area contributed by atoms with E-state index in [1.807, 2.05) is 0 Å². The van der Waals surface area contributed by atoms with Gasteiger partial charge < -0.3 is 14.8 Å². The minimum Gasteiger partial charge on any atom is -0.497 e. The highest BCUT2D eigenvalue weighted by atomic mass is 19.4. The van der Waals surface area contributed by atoms with Crippen LogP contribution in [-0.4, -0.2) is 20.1 Å². The zero-order valence-electron chi connectivity index (χ0n) is 13.4. The number of nitrogens with one attached hydrogen (secondary N) is 1. The maximum absolute atomic E-state index is 13.3. The zero-order valence-corrected chi connectivity index (χ0v) is 13.4. The molecule has 134 valence electrons. The molecule has 0 fully saturated rings. The molecule has 0 heterocycles. The Morgan fingerprint density at radius 1 is 1.04 bits per heavy atom. The van der Waals surface area contributed by atoms with Crippen LogP contribution >= 0.6 is 0 Å². The molecule has 0 aliphatic heterocycles. The normalized spacial score (nSPS) is 11.1. The minimum atomic E-state index is -4.87. The van der Waals surface area contributed by atoms with Gasteiger partial charge in [0.2, 0.25) is 0 Å². The Morgan fingerprint density at radius 3 is 2.16 bits per heavy atom. The number of hydrogen-bond acceptors (Lipinski definition) is 3. The monoisotopic (exact) mass is 357 g/mol. The van der Waals surface area contributed by atoms with Crippen molar-refractivity contribution < 1.29 is 31.8 Å². The number of benzene rings is 2. The Morgan fingerprint density at radius 2 is 1.64 bits per heavy atom. The number of rotatable bonds is 5. The first-order chi connectivity index (χ1) is 11.7. The summed E-state index contributed by atoms with van der Waals surface area (Å²) in [6.07, 6.45) is -4.87. The highest BCUT2D eigenvalue weighted by Crippen LogP contribution is 2.32. The van der Waals surface area contributed by atoms with E-state index in [0.29, 0.717) is 29.2 Å². The van der Waals surface area contributed by atoms with Crippen LogP contribution in [0.2, 0.25) is 0 Å². The molecule has 2 aromatic rings. The van der Waals surface area contributed by atoms with Crippen molar-refractivity contribution in [1.29, 1.82) is 0 Å². The summed E-state index contributed by atoms with van der Waals surface area (Å²) < 4.78 is 61.6. The molecule has 2 rings (SSSR count). The Bertz CT molecular complexity index is 753. The van der Waals surface area contributed by atoms with Gasteiger partial charge in [0.1, 0.15) is 17.3 Å². The summed E-state index contributed by atoms with van der Waals surface area (Å²) in [5, 5.41) is 2.48. The number of carbonyl (C=O) groups excluding carboxylic acids is 1. The molecule has 0 unspecified atom stereocenters. The van der Waals surface area contributed by atoms with E-state index in [2.05, 4.69) is 5.32 Å². The zero-order chi connectivity index (χ0) is 18.6. The van der Waals surface area contributed by atoms with Crippen molar-refractivity contribution >= 4 is 5.91 Å². The summed E-state index contributed by atoms with van der Waals surface area (Å²) in [7, 11) is 2.93. The van der Waals surface area contributed by atoms with E-state index in [1.54, 1.807) is 18.2 Å². The van der Waals surface area contributed by atoms with Crippen molar-refractivity contribution in [3.8, 4) is 11.5 Å². The smallest absolute Gasteiger partial charge is 0.419 e. The molecule has 0 bridgehead atoms. The molecule has 0 atom stereocenters. The van der Waals surface area contributed by atoms with E-state index in [4.69, 9.17) is 9.47 Å². The lowest BCUT2D eigenvalue weighted by molar-refractivity contribution is -0.140. The van der Waals surface area contributed by atoms with Gasteiger partial charge >= 0.3 is 6.18 Å².